The molecule has 0 saturated carbocycles. The zero-order valence-corrected chi connectivity index (χ0v) is 14.9. The Hall–Kier alpha value is -2.33. The molecule has 1 heterocycles. The molecule has 1 aromatic rings. The lowest BCUT2D eigenvalue weighted by atomic mass is 10.1. The molecule has 1 aliphatic rings. The van der Waals surface area contributed by atoms with Gasteiger partial charge in [0.1, 0.15) is 11.4 Å². The van der Waals surface area contributed by atoms with Crippen LogP contribution in [0.3, 0.4) is 0 Å². The zero-order valence-electron chi connectivity index (χ0n) is 14.9. The van der Waals surface area contributed by atoms with Gasteiger partial charge in [-0.3, -0.25) is 4.79 Å². The normalized spacial score (nSPS) is 19.6. The van der Waals surface area contributed by atoms with Gasteiger partial charge in [-0.05, 0) is 32.9 Å². The quantitative estimate of drug-likeness (QED) is 0.791. The third-order valence-corrected chi connectivity index (χ3v) is 3.42. The Kier molecular flexibility index (Phi) is 6.01. The first-order chi connectivity index (χ1) is 12.4. The van der Waals surface area contributed by atoms with E-state index in [4.69, 9.17) is 9.47 Å². The molecule has 0 aromatic heterocycles. The summed E-state index contributed by atoms with van der Waals surface area (Å²) < 4.78 is 51.2. The van der Waals surface area contributed by atoms with Crippen LogP contribution in [0, 0.1) is 0 Å². The van der Waals surface area contributed by atoms with Gasteiger partial charge >= 0.3 is 12.3 Å². The van der Waals surface area contributed by atoms with E-state index in [1.165, 1.54) is 12.1 Å². The van der Waals surface area contributed by atoms with Crippen molar-refractivity contribution in [1.82, 2.24) is 0 Å². The number of rotatable bonds is 4. The zero-order chi connectivity index (χ0) is 20.4. The van der Waals surface area contributed by atoms with Crippen LogP contribution in [-0.2, 0) is 19.1 Å². The predicted octanol–water partition coefficient (Wildman–Crippen LogP) is 2.02. The Bertz CT molecular complexity index is 701. The number of hydrogen-bond acceptors (Lipinski definition) is 6. The molecular weight excluding hydrogens is 371 g/mol. The highest BCUT2D eigenvalue weighted by atomic mass is 19.4. The van der Waals surface area contributed by atoms with Crippen LogP contribution in [0.5, 0.6) is 5.75 Å². The number of aliphatic hydroxyl groups excluding tert-OH is 1. The molecule has 1 fully saturated rings. The third-order valence-electron chi connectivity index (χ3n) is 3.42. The topological polar surface area (TPSA) is 85.3 Å². The van der Waals surface area contributed by atoms with E-state index in [-0.39, 0.29) is 18.8 Å². The van der Waals surface area contributed by atoms with Gasteiger partial charge in [-0.15, -0.1) is 13.2 Å². The first-order valence-electron chi connectivity index (χ1n) is 8.07. The summed E-state index contributed by atoms with van der Waals surface area (Å²) in [6, 6.07) is 4.82. The largest absolute Gasteiger partial charge is 0.573 e. The first-order valence-corrected chi connectivity index (χ1v) is 8.07. The summed E-state index contributed by atoms with van der Waals surface area (Å²) in [5, 5.41) is 10.1. The number of aliphatic hydroxyl groups is 1. The second-order valence-electron chi connectivity index (χ2n) is 6.80. The lowest BCUT2D eigenvalue weighted by Gasteiger charge is -2.34. The number of nitrogens with zero attached hydrogens (tertiary/aromatic N) is 1. The average molecular weight is 391 g/mol. The maximum absolute atomic E-state index is 12.6. The van der Waals surface area contributed by atoms with E-state index in [9.17, 15) is 27.9 Å². The van der Waals surface area contributed by atoms with Gasteiger partial charge in [-0.1, -0.05) is 6.07 Å². The fourth-order valence-electron chi connectivity index (χ4n) is 2.42. The highest BCUT2D eigenvalue weighted by Crippen LogP contribution is 2.28. The lowest BCUT2D eigenvalue weighted by Crippen LogP contribution is -2.55. The second-order valence-corrected chi connectivity index (χ2v) is 6.80. The first kappa shape index (κ1) is 21.0. The highest BCUT2D eigenvalue weighted by Gasteiger charge is 2.41. The van der Waals surface area contributed by atoms with Crippen molar-refractivity contribution in [3.63, 3.8) is 0 Å². The van der Waals surface area contributed by atoms with E-state index in [1.807, 2.05) is 0 Å². The van der Waals surface area contributed by atoms with Crippen molar-refractivity contribution in [2.24, 2.45) is 0 Å². The molecule has 1 aromatic carbocycles. The van der Waals surface area contributed by atoms with Gasteiger partial charge in [0.25, 0.3) is 5.91 Å². The number of anilines is 1. The fourth-order valence-corrected chi connectivity index (χ4v) is 2.42. The van der Waals surface area contributed by atoms with E-state index in [2.05, 4.69) is 4.74 Å². The van der Waals surface area contributed by atoms with Gasteiger partial charge in [0.05, 0.1) is 6.61 Å². The van der Waals surface area contributed by atoms with Crippen LogP contribution >= 0.6 is 0 Å². The number of ether oxygens (including phenoxy) is 3. The number of amides is 1. The van der Waals surface area contributed by atoms with Crippen molar-refractivity contribution >= 4 is 17.6 Å². The summed E-state index contributed by atoms with van der Waals surface area (Å²) in [6.07, 6.45) is -8.27. The molecule has 0 spiro atoms. The number of morpholine rings is 1. The van der Waals surface area contributed by atoms with E-state index in [1.54, 1.807) is 20.8 Å². The SMILES string of the molecule is CC(C)(C)OC(=O)[C@H](O)[C@H]1OCCN(c2cccc(OC(F)(F)F)c2)C1=O. The van der Waals surface area contributed by atoms with E-state index in [0.29, 0.717) is 0 Å². The monoisotopic (exact) mass is 391 g/mol. The van der Waals surface area contributed by atoms with Crippen LogP contribution < -0.4 is 9.64 Å². The second kappa shape index (κ2) is 7.73. The van der Waals surface area contributed by atoms with Crippen LogP contribution in [0.25, 0.3) is 0 Å². The summed E-state index contributed by atoms with van der Waals surface area (Å²) >= 11 is 0. The maximum Gasteiger partial charge on any atom is 0.573 e. The minimum Gasteiger partial charge on any atom is -0.458 e. The molecule has 150 valence electrons. The minimum absolute atomic E-state index is 0.0272. The number of alkyl halides is 3. The van der Waals surface area contributed by atoms with Crippen LogP contribution in [0.1, 0.15) is 20.8 Å². The van der Waals surface area contributed by atoms with Crippen LogP contribution in [0.15, 0.2) is 24.3 Å². The summed E-state index contributed by atoms with van der Waals surface area (Å²) in [5.41, 5.74) is -0.759. The minimum atomic E-state index is -4.87. The van der Waals surface area contributed by atoms with Gasteiger partial charge in [0.2, 0.25) is 0 Å². The van der Waals surface area contributed by atoms with Crippen molar-refractivity contribution in [1.29, 1.82) is 0 Å². The molecule has 0 unspecified atom stereocenters. The Morgan fingerprint density at radius 2 is 2.00 bits per heavy atom. The van der Waals surface area contributed by atoms with Gasteiger partial charge in [-0.25, -0.2) is 4.79 Å². The van der Waals surface area contributed by atoms with E-state index in [0.717, 1.165) is 17.0 Å². The Balaban J connectivity index is 2.17. The molecule has 0 bridgehead atoms. The molecule has 27 heavy (non-hydrogen) atoms. The molecule has 1 amide bonds. The van der Waals surface area contributed by atoms with Gasteiger partial charge in [0, 0.05) is 18.3 Å². The van der Waals surface area contributed by atoms with Crippen molar-refractivity contribution in [2.45, 2.75) is 44.9 Å². The molecule has 7 nitrogen and oxygen atoms in total. The predicted molar refractivity (Wildman–Crippen MR) is 87.1 cm³/mol. The number of halogens is 3. The molecule has 2 rings (SSSR count). The average Bonchev–Trinajstić information content (AvgIpc) is 2.51. The van der Waals surface area contributed by atoms with Crippen molar-refractivity contribution in [3.05, 3.63) is 24.3 Å². The van der Waals surface area contributed by atoms with Gasteiger partial charge < -0.3 is 24.2 Å². The van der Waals surface area contributed by atoms with E-state index < -0.39 is 41.8 Å². The van der Waals surface area contributed by atoms with Gasteiger partial charge in [0.15, 0.2) is 12.2 Å². The molecule has 1 saturated heterocycles. The molecule has 1 aliphatic heterocycles. The summed E-state index contributed by atoms with van der Waals surface area (Å²) in [7, 11) is 0. The number of carbonyl (C=O) groups excluding carboxylic acids is 2. The van der Waals surface area contributed by atoms with Crippen molar-refractivity contribution in [2.75, 3.05) is 18.1 Å². The number of carbonyl (C=O) groups is 2. The van der Waals surface area contributed by atoms with Crippen LogP contribution in [0.4, 0.5) is 18.9 Å². The van der Waals surface area contributed by atoms with Crippen molar-refractivity contribution in [3.8, 4) is 5.75 Å². The molecular formula is C17H20F3NO6. The van der Waals surface area contributed by atoms with Crippen LogP contribution in [-0.4, -0.2) is 54.3 Å². The summed E-state index contributed by atoms with van der Waals surface area (Å²) in [4.78, 5) is 25.7. The third kappa shape index (κ3) is 5.83. The summed E-state index contributed by atoms with van der Waals surface area (Å²) in [5.74, 6) is -2.30. The smallest absolute Gasteiger partial charge is 0.458 e. The molecule has 0 aliphatic carbocycles. The van der Waals surface area contributed by atoms with Gasteiger partial charge in [-0.2, -0.15) is 0 Å². The van der Waals surface area contributed by atoms with Crippen LogP contribution in [0.2, 0.25) is 0 Å². The Labute approximate surface area is 153 Å². The maximum atomic E-state index is 12.6. The van der Waals surface area contributed by atoms with E-state index >= 15 is 0 Å². The molecule has 0 radical (unpaired) electrons. The fraction of sp³-hybridized carbons (Fsp3) is 0.529. The van der Waals surface area contributed by atoms with Crippen molar-refractivity contribution < 1.29 is 42.1 Å². The number of benzene rings is 1. The number of esters is 1. The standard InChI is InChI=1S/C17H20F3NO6/c1-16(2,3)27-15(24)12(22)13-14(23)21(7-8-25-13)10-5-4-6-11(9-10)26-17(18,19)20/h4-6,9,12-13,22H,7-8H2,1-3H3/t12-,13-/m1/s1. The lowest BCUT2D eigenvalue weighted by molar-refractivity contribution is -0.274. The Morgan fingerprint density at radius 3 is 2.59 bits per heavy atom. The summed E-state index contributed by atoms with van der Waals surface area (Å²) in [6.45, 7) is 4.80. The molecule has 10 heteroatoms. The molecule has 1 N–H and O–H groups in total. The molecule has 2 atom stereocenters. The Morgan fingerprint density at radius 1 is 1.33 bits per heavy atom. The highest BCUT2D eigenvalue weighted by molar-refractivity contribution is 6.00. The number of hydrogen-bond donors (Lipinski definition) is 1.